The van der Waals surface area contributed by atoms with E-state index in [4.69, 9.17) is 4.74 Å². The third-order valence-electron chi connectivity index (χ3n) is 4.40. The van der Waals surface area contributed by atoms with Crippen LogP contribution in [0.3, 0.4) is 0 Å². The Morgan fingerprint density at radius 2 is 1.75 bits per heavy atom. The zero-order chi connectivity index (χ0) is 22.3. The van der Waals surface area contributed by atoms with E-state index < -0.39 is 18.5 Å². The molecule has 0 saturated carbocycles. The number of amides is 1. The number of rotatable bonds is 8. The quantitative estimate of drug-likeness (QED) is 0.181. The first-order chi connectivity index (χ1) is 15.6. The topological polar surface area (TPSA) is 98.2 Å². The molecule has 7 nitrogen and oxygen atoms in total. The number of nitrogens with zero attached hydrogens (tertiary/aromatic N) is 2. The maximum atomic E-state index is 12.8. The molecule has 0 unspecified atom stereocenters. The lowest BCUT2D eigenvalue weighted by Gasteiger charge is -2.11. The maximum Gasteiger partial charge on any atom is 0.316 e. The highest BCUT2D eigenvalue weighted by molar-refractivity contribution is 8.00. The number of para-hydroxylation sites is 1. The van der Waals surface area contributed by atoms with Gasteiger partial charge in [0.1, 0.15) is 16.2 Å². The van der Waals surface area contributed by atoms with Gasteiger partial charge in [0.2, 0.25) is 0 Å². The summed E-state index contributed by atoms with van der Waals surface area (Å²) in [4.78, 5) is 46.4. The lowest BCUT2D eigenvalue weighted by Crippen LogP contribution is -2.22. The molecule has 0 aliphatic rings. The summed E-state index contributed by atoms with van der Waals surface area (Å²) in [5.74, 6) is -1.27. The van der Waals surface area contributed by atoms with Crippen LogP contribution in [0.2, 0.25) is 0 Å². The Kier molecular flexibility index (Phi) is 6.88. The van der Waals surface area contributed by atoms with E-state index in [0.717, 1.165) is 10.2 Å². The van der Waals surface area contributed by atoms with Crippen molar-refractivity contribution in [3.8, 4) is 0 Å². The molecule has 9 heteroatoms. The normalized spacial score (nSPS) is 10.6. The van der Waals surface area contributed by atoms with E-state index in [9.17, 15) is 14.4 Å². The molecule has 4 rings (SSSR count). The minimum absolute atomic E-state index is 0.0122. The summed E-state index contributed by atoms with van der Waals surface area (Å²) in [6, 6.07) is 17.4. The molecule has 1 amide bonds. The van der Waals surface area contributed by atoms with E-state index in [1.807, 2.05) is 17.5 Å². The van der Waals surface area contributed by atoms with Gasteiger partial charge in [-0.15, -0.1) is 11.3 Å². The second-order valence-corrected chi connectivity index (χ2v) is 8.42. The Bertz CT molecular complexity index is 1270. The molecule has 2 aromatic carbocycles. The van der Waals surface area contributed by atoms with E-state index in [0.29, 0.717) is 21.8 Å². The standard InChI is InChI=1S/C23H17N3O4S2/c27-19(12-30-20(28)13-32-23-17-10-11-31-22(17)24-14-25-23)26-18-9-5-4-8-16(18)21(29)15-6-2-1-3-7-15/h1-11,14H,12-13H2,(H,26,27). The Morgan fingerprint density at radius 1 is 0.969 bits per heavy atom. The Hall–Kier alpha value is -3.56. The van der Waals surface area contributed by atoms with Crippen molar-refractivity contribution in [2.45, 2.75) is 5.03 Å². The summed E-state index contributed by atoms with van der Waals surface area (Å²) in [6.07, 6.45) is 1.45. The number of benzene rings is 2. The number of nitrogens with one attached hydrogen (secondary N) is 1. The van der Waals surface area contributed by atoms with Crippen LogP contribution >= 0.6 is 23.1 Å². The molecule has 2 aromatic heterocycles. The summed E-state index contributed by atoms with van der Waals surface area (Å²) in [6.45, 7) is -0.453. The van der Waals surface area contributed by atoms with Crippen molar-refractivity contribution in [1.82, 2.24) is 9.97 Å². The smallest absolute Gasteiger partial charge is 0.316 e. The number of ether oxygens (including phenoxy) is 1. The minimum atomic E-state index is -0.541. The van der Waals surface area contributed by atoms with Crippen molar-refractivity contribution in [2.24, 2.45) is 0 Å². The van der Waals surface area contributed by atoms with Gasteiger partial charge < -0.3 is 10.1 Å². The number of esters is 1. The van der Waals surface area contributed by atoms with Crippen LogP contribution in [0.15, 0.2) is 77.4 Å². The summed E-state index contributed by atoms with van der Waals surface area (Å²) >= 11 is 2.72. The molecule has 0 saturated heterocycles. The summed E-state index contributed by atoms with van der Waals surface area (Å²) in [5.41, 5.74) is 1.23. The highest BCUT2D eigenvalue weighted by Crippen LogP contribution is 2.27. The molecule has 0 fully saturated rings. The predicted molar refractivity (Wildman–Crippen MR) is 124 cm³/mol. The van der Waals surface area contributed by atoms with E-state index in [1.54, 1.807) is 48.5 Å². The molecule has 160 valence electrons. The predicted octanol–water partition coefficient (Wildman–Crippen LogP) is 4.20. The van der Waals surface area contributed by atoms with Crippen LogP contribution in [0, 0.1) is 0 Å². The fraction of sp³-hybridized carbons (Fsp3) is 0.0870. The SMILES string of the molecule is O=C(COC(=O)CSc1ncnc2sccc12)Nc1ccccc1C(=O)c1ccccc1. The van der Waals surface area contributed by atoms with Crippen molar-refractivity contribution < 1.29 is 19.1 Å². The number of ketones is 1. The van der Waals surface area contributed by atoms with Crippen molar-refractivity contribution in [2.75, 3.05) is 17.7 Å². The van der Waals surface area contributed by atoms with Gasteiger partial charge in [-0.3, -0.25) is 14.4 Å². The molecule has 4 aromatic rings. The highest BCUT2D eigenvalue weighted by atomic mass is 32.2. The number of thiophene rings is 1. The molecular formula is C23H17N3O4S2. The largest absolute Gasteiger partial charge is 0.455 e. The first-order valence-electron chi connectivity index (χ1n) is 9.57. The van der Waals surface area contributed by atoms with Gasteiger partial charge in [-0.2, -0.15) is 0 Å². The number of carbonyl (C=O) groups is 3. The van der Waals surface area contributed by atoms with E-state index in [-0.39, 0.29) is 11.5 Å². The van der Waals surface area contributed by atoms with Crippen LogP contribution in [-0.4, -0.2) is 40.0 Å². The van der Waals surface area contributed by atoms with Crippen LogP contribution in [0.1, 0.15) is 15.9 Å². The molecule has 0 aliphatic carbocycles. The number of thioether (sulfide) groups is 1. The molecule has 2 heterocycles. The van der Waals surface area contributed by atoms with Crippen molar-refractivity contribution >= 4 is 56.7 Å². The van der Waals surface area contributed by atoms with Crippen LogP contribution in [-0.2, 0) is 14.3 Å². The molecule has 1 N–H and O–H groups in total. The lowest BCUT2D eigenvalue weighted by atomic mass is 10.0. The van der Waals surface area contributed by atoms with Crippen molar-refractivity contribution in [1.29, 1.82) is 0 Å². The van der Waals surface area contributed by atoms with Crippen LogP contribution < -0.4 is 5.32 Å². The van der Waals surface area contributed by atoms with Gasteiger partial charge in [0.05, 0.1) is 11.4 Å². The molecule has 0 radical (unpaired) electrons. The van der Waals surface area contributed by atoms with Gasteiger partial charge in [-0.25, -0.2) is 9.97 Å². The first kappa shape index (κ1) is 21.7. The van der Waals surface area contributed by atoms with Crippen LogP contribution in [0.25, 0.3) is 10.2 Å². The van der Waals surface area contributed by atoms with Gasteiger partial charge in [-0.05, 0) is 23.6 Å². The number of anilines is 1. The number of hydrogen-bond donors (Lipinski definition) is 1. The van der Waals surface area contributed by atoms with E-state index in [2.05, 4.69) is 15.3 Å². The summed E-state index contributed by atoms with van der Waals surface area (Å²) < 4.78 is 5.08. The Labute approximate surface area is 191 Å². The summed E-state index contributed by atoms with van der Waals surface area (Å²) in [7, 11) is 0. The maximum absolute atomic E-state index is 12.8. The lowest BCUT2D eigenvalue weighted by molar-refractivity contribution is -0.144. The molecule has 0 aliphatic heterocycles. The first-order valence-corrected chi connectivity index (χ1v) is 11.4. The van der Waals surface area contributed by atoms with Gasteiger partial charge in [0.25, 0.3) is 5.91 Å². The van der Waals surface area contributed by atoms with Gasteiger partial charge in [0, 0.05) is 16.5 Å². The molecule has 0 atom stereocenters. The fourth-order valence-electron chi connectivity index (χ4n) is 2.92. The second-order valence-electron chi connectivity index (χ2n) is 6.56. The van der Waals surface area contributed by atoms with Gasteiger partial charge in [-0.1, -0.05) is 54.2 Å². The molecule has 0 spiro atoms. The fourth-order valence-corrected chi connectivity index (χ4v) is 4.50. The zero-order valence-corrected chi connectivity index (χ0v) is 18.3. The summed E-state index contributed by atoms with van der Waals surface area (Å²) in [5, 5.41) is 6.13. The minimum Gasteiger partial charge on any atom is -0.455 e. The number of carbonyl (C=O) groups excluding carboxylic acids is 3. The number of fused-ring (bicyclic) bond motifs is 1. The average molecular weight is 464 g/mol. The second kappa shape index (κ2) is 10.2. The third kappa shape index (κ3) is 5.19. The van der Waals surface area contributed by atoms with Gasteiger partial charge >= 0.3 is 5.97 Å². The molecular weight excluding hydrogens is 446 g/mol. The van der Waals surface area contributed by atoms with Gasteiger partial charge in [0.15, 0.2) is 12.4 Å². The third-order valence-corrected chi connectivity index (χ3v) is 6.20. The van der Waals surface area contributed by atoms with E-state index in [1.165, 1.54) is 29.4 Å². The van der Waals surface area contributed by atoms with Crippen molar-refractivity contribution in [3.05, 3.63) is 83.5 Å². The number of aromatic nitrogens is 2. The van der Waals surface area contributed by atoms with Crippen LogP contribution in [0.5, 0.6) is 0 Å². The number of hydrogen-bond acceptors (Lipinski definition) is 8. The Balaban J connectivity index is 1.32. The molecule has 0 bridgehead atoms. The van der Waals surface area contributed by atoms with E-state index >= 15 is 0 Å². The van der Waals surface area contributed by atoms with Crippen molar-refractivity contribution in [3.63, 3.8) is 0 Å². The highest BCUT2D eigenvalue weighted by Gasteiger charge is 2.16. The monoisotopic (exact) mass is 463 g/mol. The zero-order valence-electron chi connectivity index (χ0n) is 16.7. The Morgan fingerprint density at radius 3 is 2.59 bits per heavy atom. The van der Waals surface area contributed by atoms with Crippen LogP contribution in [0.4, 0.5) is 5.69 Å². The molecule has 32 heavy (non-hydrogen) atoms. The average Bonchev–Trinajstić information content (AvgIpc) is 3.31.